The Balaban J connectivity index is 1.65. The molecule has 0 radical (unpaired) electrons. The van der Waals surface area contributed by atoms with Gasteiger partial charge in [-0.2, -0.15) is 0 Å². The zero-order valence-electron chi connectivity index (χ0n) is 22.2. The SMILES string of the molecule is CC(C)(C)C(=O)CN1C(=O)[C@H](NC(=O)Nc2cccc(C(=O)O)c2)CN(C2CCCCC2)c2ccccc21. The Morgan fingerprint density at radius 1 is 0.974 bits per heavy atom. The molecule has 1 aliphatic carbocycles. The molecule has 4 rings (SSSR count). The molecule has 1 heterocycles. The number of carbonyl (C=O) groups excluding carboxylic acids is 3. The van der Waals surface area contributed by atoms with E-state index in [4.69, 9.17) is 0 Å². The van der Waals surface area contributed by atoms with Gasteiger partial charge in [-0.1, -0.05) is 58.2 Å². The number of fused-ring (bicyclic) bond motifs is 1. The minimum Gasteiger partial charge on any atom is -0.478 e. The number of urea groups is 1. The number of benzene rings is 2. The zero-order valence-corrected chi connectivity index (χ0v) is 22.2. The highest BCUT2D eigenvalue weighted by atomic mass is 16.4. The van der Waals surface area contributed by atoms with Gasteiger partial charge in [-0.25, -0.2) is 9.59 Å². The number of hydrogen-bond acceptors (Lipinski definition) is 5. The molecule has 1 fully saturated rings. The molecule has 0 spiro atoms. The number of Topliss-reactive ketones (excluding diaryl/α,β-unsaturated/α-hetero) is 1. The number of carboxylic acids is 1. The summed E-state index contributed by atoms with van der Waals surface area (Å²) in [6.07, 6.45) is 5.36. The van der Waals surface area contributed by atoms with Crippen LogP contribution in [-0.2, 0) is 9.59 Å². The third kappa shape index (κ3) is 6.15. The number of ketones is 1. The minimum absolute atomic E-state index is 0.0409. The molecular formula is C29H36N4O5. The third-order valence-corrected chi connectivity index (χ3v) is 7.25. The first-order valence-corrected chi connectivity index (χ1v) is 13.2. The second-order valence-corrected chi connectivity index (χ2v) is 11.1. The molecule has 1 aliphatic heterocycles. The van der Waals surface area contributed by atoms with Crippen molar-refractivity contribution in [3.8, 4) is 0 Å². The number of para-hydroxylation sites is 2. The summed E-state index contributed by atoms with van der Waals surface area (Å²) >= 11 is 0. The number of rotatable bonds is 6. The van der Waals surface area contributed by atoms with E-state index in [2.05, 4.69) is 15.5 Å². The second kappa shape index (κ2) is 11.2. The highest BCUT2D eigenvalue weighted by molar-refractivity contribution is 6.08. The van der Waals surface area contributed by atoms with E-state index in [1.165, 1.54) is 29.5 Å². The normalized spacial score (nSPS) is 18.4. The van der Waals surface area contributed by atoms with Crippen LogP contribution >= 0.6 is 0 Å². The molecule has 0 aromatic heterocycles. The molecule has 0 saturated heterocycles. The first kappa shape index (κ1) is 27.2. The van der Waals surface area contributed by atoms with E-state index in [9.17, 15) is 24.3 Å². The van der Waals surface area contributed by atoms with Gasteiger partial charge in [0, 0.05) is 23.7 Å². The van der Waals surface area contributed by atoms with Gasteiger partial charge >= 0.3 is 12.0 Å². The number of carbonyl (C=O) groups is 4. The zero-order chi connectivity index (χ0) is 27.4. The molecule has 2 aromatic rings. The largest absolute Gasteiger partial charge is 0.478 e. The van der Waals surface area contributed by atoms with Gasteiger partial charge in [-0.3, -0.25) is 9.59 Å². The summed E-state index contributed by atoms with van der Waals surface area (Å²) in [5.41, 5.74) is 1.25. The van der Waals surface area contributed by atoms with Crippen LogP contribution in [0.2, 0.25) is 0 Å². The number of carboxylic acid groups (broad SMARTS) is 1. The van der Waals surface area contributed by atoms with E-state index in [1.807, 2.05) is 45.0 Å². The lowest BCUT2D eigenvalue weighted by Crippen LogP contribution is -2.55. The van der Waals surface area contributed by atoms with E-state index in [0.717, 1.165) is 31.4 Å². The maximum absolute atomic E-state index is 14.0. The van der Waals surface area contributed by atoms with Crippen LogP contribution in [-0.4, -0.2) is 54.0 Å². The highest BCUT2D eigenvalue weighted by Crippen LogP contribution is 2.37. The van der Waals surface area contributed by atoms with Gasteiger partial charge in [0.15, 0.2) is 5.78 Å². The first-order valence-electron chi connectivity index (χ1n) is 13.2. The van der Waals surface area contributed by atoms with E-state index in [1.54, 1.807) is 6.07 Å². The molecule has 3 amide bonds. The number of aromatic carboxylic acids is 1. The Labute approximate surface area is 223 Å². The van der Waals surface area contributed by atoms with Crippen molar-refractivity contribution in [3.05, 3.63) is 54.1 Å². The quantitative estimate of drug-likeness (QED) is 0.509. The van der Waals surface area contributed by atoms with Crippen LogP contribution in [0.1, 0.15) is 63.2 Å². The van der Waals surface area contributed by atoms with Crippen molar-refractivity contribution >= 4 is 40.8 Å². The number of amides is 3. The monoisotopic (exact) mass is 520 g/mol. The van der Waals surface area contributed by atoms with Crippen molar-refractivity contribution in [2.45, 2.75) is 65.0 Å². The number of nitrogens with one attached hydrogen (secondary N) is 2. The molecule has 3 N–H and O–H groups in total. The van der Waals surface area contributed by atoms with Crippen molar-refractivity contribution in [1.82, 2.24) is 5.32 Å². The van der Waals surface area contributed by atoms with Crippen LogP contribution in [0.4, 0.5) is 21.9 Å². The van der Waals surface area contributed by atoms with E-state index in [0.29, 0.717) is 11.4 Å². The standard InChI is InChI=1S/C29H36N4O5/c1-29(2,3)25(34)18-33-24-15-8-7-14-23(24)32(21-12-5-4-6-13-21)17-22(26(33)35)31-28(38)30-20-11-9-10-19(16-20)27(36)37/h7-11,14-16,21-22H,4-6,12-13,17-18H2,1-3H3,(H,36,37)(H2,30,31,38)/t22-/m1/s1. The van der Waals surface area contributed by atoms with Gasteiger partial charge in [0.25, 0.3) is 5.91 Å². The summed E-state index contributed by atoms with van der Waals surface area (Å²) in [6.45, 7) is 5.65. The maximum atomic E-state index is 14.0. The minimum atomic E-state index is -1.10. The molecule has 9 nitrogen and oxygen atoms in total. The van der Waals surface area contributed by atoms with Gasteiger partial charge in [0.1, 0.15) is 6.04 Å². The van der Waals surface area contributed by atoms with E-state index < -0.39 is 23.5 Å². The lowest BCUT2D eigenvalue weighted by atomic mass is 9.90. The molecule has 38 heavy (non-hydrogen) atoms. The third-order valence-electron chi connectivity index (χ3n) is 7.25. The van der Waals surface area contributed by atoms with Gasteiger partial charge in [-0.05, 0) is 43.2 Å². The summed E-state index contributed by atoms with van der Waals surface area (Å²) in [5, 5.41) is 14.7. The molecule has 1 saturated carbocycles. The average molecular weight is 521 g/mol. The highest BCUT2D eigenvalue weighted by Gasteiger charge is 2.39. The fraction of sp³-hybridized carbons (Fsp3) is 0.448. The molecule has 0 bridgehead atoms. The van der Waals surface area contributed by atoms with Crippen molar-refractivity contribution in [3.63, 3.8) is 0 Å². The van der Waals surface area contributed by atoms with Crippen LogP contribution in [0.15, 0.2) is 48.5 Å². The fourth-order valence-electron chi connectivity index (χ4n) is 5.06. The van der Waals surface area contributed by atoms with Crippen LogP contribution in [0.25, 0.3) is 0 Å². The van der Waals surface area contributed by atoms with Crippen molar-refractivity contribution < 1.29 is 24.3 Å². The van der Waals surface area contributed by atoms with E-state index >= 15 is 0 Å². The number of hydrogen-bond donors (Lipinski definition) is 3. The Morgan fingerprint density at radius 2 is 1.66 bits per heavy atom. The molecule has 1 atom stereocenters. The molecule has 9 heteroatoms. The fourth-order valence-corrected chi connectivity index (χ4v) is 5.06. The summed E-state index contributed by atoms with van der Waals surface area (Å²) in [7, 11) is 0. The van der Waals surface area contributed by atoms with Crippen molar-refractivity contribution in [2.24, 2.45) is 5.41 Å². The van der Waals surface area contributed by atoms with Crippen LogP contribution in [0.3, 0.4) is 0 Å². The van der Waals surface area contributed by atoms with Gasteiger partial charge < -0.3 is 25.5 Å². The molecule has 0 unspecified atom stereocenters. The Kier molecular flexibility index (Phi) is 8.04. The summed E-state index contributed by atoms with van der Waals surface area (Å²) in [5.74, 6) is -1.55. The van der Waals surface area contributed by atoms with E-state index in [-0.39, 0.29) is 36.4 Å². The lowest BCUT2D eigenvalue weighted by Gasteiger charge is -2.37. The topological polar surface area (TPSA) is 119 Å². The Bertz CT molecular complexity index is 1220. The predicted molar refractivity (Wildman–Crippen MR) is 147 cm³/mol. The van der Waals surface area contributed by atoms with Gasteiger partial charge in [-0.15, -0.1) is 0 Å². The van der Waals surface area contributed by atoms with Crippen LogP contribution in [0, 0.1) is 5.41 Å². The smallest absolute Gasteiger partial charge is 0.335 e. The maximum Gasteiger partial charge on any atom is 0.335 e. The van der Waals surface area contributed by atoms with Crippen LogP contribution in [0.5, 0.6) is 0 Å². The first-order chi connectivity index (χ1) is 18.0. The van der Waals surface area contributed by atoms with Crippen molar-refractivity contribution in [1.29, 1.82) is 0 Å². The number of nitrogens with zero attached hydrogens (tertiary/aromatic N) is 2. The average Bonchev–Trinajstić information content (AvgIpc) is 2.99. The summed E-state index contributed by atoms with van der Waals surface area (Å²) in [4.78, 5) is 55.1. The summed E-state index contributed by atoms with van der Waals surface area (Å²) in [6, 6.07) is 12.2. The molecule has 2 aromatic carbocycles. The molecular weight excluding hydrogens is 484 g/mol. The van der Waals surface area contributed by atoms with Gasteiger partial charge in [0.05, 0.1) is 23.5 Å². The molecule has 202 valence electrons. The lowest BCUT2D eigenvalue weighted by molar-refractivity contribution is -0.127. The van der Waals surface area contributed by atoms with Crippen LogP contribution < -0.4 is 20.4 Å². The Hall–Kier alpha value is -3.88. The van der Waals surface area contributed by atoms with Crippen molar-refractivity contribution in [2.75, 3.05) is 28.2 Å². The number of anilines is 3. The Morgan fingerprint density at radius 3 is 2.32 bits per heavy atom. The summed E-state index contributed by atoms with van der Waals surface area (Å²) < 4.78 is 0. The van der Waals surface area contributed by atoms with Gasteiger partial charge in [0.2, 0.25) is 0 Å². The predicted octanol–water partition coefficient (Wildman–Crippen LogP) is 4.68. The second-order valence-electron chi connectivity index (χ2n) is 11.1. The molecule has 2 aliphatic rings.